The minimum absolute atomic E-state index is 0.130. The fourth-order valence-electron chi connectivity index (χ4n) is 2.08. The van der Waals surface area contributed by atoms with Gasteiger partial charge in [-0.1, -0.05) is 47.6 Å². The van der Waals surface area contributed by atoms with E-state index in [4.69, 9.17) is 16.1 Å². The fraction of sp³-hybridized carbons (Fsp3) is 0.118. The van der Waals surface area contributed by atoms with Gasteiger partial charge in [-0.2, -0.15) is 4.98 Å². The number of halogens is 1. The van der Waals surface area contributed by atoms with E-state index in [0.29, 0.717) is 23.8 Å². The SMILES string of the molecule is O=C(NCc1ccccc1)c1ccc(-c2noc(CCl)n2)cc1. The Morgan fingerprint density at radius 2 is 1.83 bits per heavy atom. The number of alkyl halides is 1. The Morgan fingerprint density at radius 1 is 1.09 bits per heavy atom. The smallest absolute Gasteiger partial charge is 0.251 e. The third-order valence-corrected chi connectivity index (χ3v) is 3.51. The number of amides is 1. The maximum atomic E-state index is 12.1. The Kier molecular flexibility index (Phi) is 4.68. The summed E-state index contributed by atoms with van der Waals surface area (Å²) in [4.78, 5) is 16.3. The van der Waals surface area contributed by atoms with E-state index in [2.05, 4.69) is 15.5 Å². The molecule has 116 valence electrons. The predicted molar refractivity (Wildman–Crippen MR) is 86.9 cm³/mol. The van der Waals surface area contributed by atoms with Crippen LogP contribution in [0.3, 0.4) is 0 Å². The Balaban J connectivity index is 1.65. The van der Waals surface area contributed by atoms with Gasteiger partial charge < -0.3 is 9.84 Å². The van der Waals surface area contributed by atoms with Gasteiger partial charge in [0.15, 0.2) is 0 Å². The van der Waals surface area contributed by atoms with Crippen molar-refractivity contribution in [2.45, 2.75) is 12.4 Å². The normalized spacial score (nSPS) is 10.5. The van der Waals surface area contributed by atoms with Crippen LogP contribution < -0.4 is 5.32 Å². The van der Waals surface area contributed by atoms with Crippen LogP contribution in [0.4, 0.5) is 0 Å². The number of carbonyl (C=O) groups is 1. The summed E-state index contributed by atoms with van der Waals surface area (Å²) < 4.78 is 4.96. The third-order valence-electron chi connectivity index (χ3n) is 3.28. The molecule has 0 radical (unpaired) electrons. The zero-order chi connectivity index (χ0) is 16.1. The highest BCUT2D eigenvalue weighted by atomic mass is 35.5. The van der Waals surface area contributed by atoms with Crippen LogP contribution >= 0.6 is 11.6 Å². The summed E-state index contributed by atoms with van der Waals surface area (Å²) in [6, 6.07) is 16.8. The quantitative estimate of drug-likeness (QED) is 0.729. The number of carbonyl (C=O) groups excluding carboxylic acids is 1. The molecule has 1 aromatic heterocycles. The van der Waals surface area contributed by atoms with Crippen LogP contribution in [0.1, 0.15) is 21.8 Å². The van der Waals surface area contributed by atoms with Crippen LogP contribution in [0.5, 0.6) is 0 Å². The molecule has 5 nitrogen and oxygen atoms in total. The van der Waals surface area contributed by atoms with E-state index in [1.54, 1.807) is 24.3 Å². The first-order valence-corrected chi connectivity index (χ1v) is 7.61. The summed E-state index contributed by atoms with van der Waals surface area (Å²) in [7, 11) is 0. The van der Waals surface area contributed by atoms with E-state index >= 15 is 0 Å². The molecule has 0 fully saturated rings. The van der Waals surface area contributed by atoms with Crippen molar-refractivity contribution in [2.24, 2.45) is 0 Å². The van der Waals surface area contributed by atoms with Crippen molar-refractivity contribution in [3.05, 3.63) is 71.6 Å². The van der Waals surface area contributed by atoms with E-state index in [9.17, 15) is 4.79 Å². The maximum Gasteiger partial charge on any atom is 0.251 e. The fourth-order valence-corrected chi connectivity index (χ4v) is 2.19. The van der Waals surface area contributed by atoms with E-state index in [1.807, 2.05) is 30.3 Å². The zero-order valence-corrected chi connectivity index (χ0v) is 13.0. The van der Waals surface area contributed by atoms with Crippen molar-refractivity contribution in [1.29, 1.82) is 0 Å². The van der Waals surface area contributed by atoms with Crippen LogP contribution in [0.25, 0.3) is 11.4 Å². The highest BCUT2D eigenvalue weighted by molar-refractivity contribution is 6.16. The lowest BCUT2D eigenvalue weighted by atomic mass is 10.1. The van der Waals surface area contributed by atoms with Crippen LogP contribution in [0.2, 0.25) is 0 Å². The lowest BCUT2D eigenvalue weighted by molar-refractivity contribution is 0.0951. The molecule has 0 unspecified atom stereocenters. The molecule has 0 aliphatic rings. The monoisotopic (exact) mass is 327 g/mol. The molecule has 3 aromatic rings. The van der Waals surface area contributed by atoms with Gasteiger partial charge in [0.25, 0.3) is 5.91 Å². The second-order valence-corrected chi connectivity index (χ2v) is 5.16. The first kappa shape index (κ1) is 15.2. The van der Waals surface area contributed by atoms with Crippen LogP contribution in [-0.4, -0.2) is 16.0 Å². The van der Waals surface area contributed by atoms with Crippen LogP contribution in [0.15, 0.2) is 59.1 Å². The molecule has 0 atom stereocenters. The molecule has 0 saturated carbocycles. The Morgan fingerprint density at radius 3 is 2.48 bits per heavy atom. The molecule has 1 N–H and O–H groups in total. The summed E-state index contributed by atoms with van der Waals surface area (Å²) in [6.45, 7) is 0.491. The van der Waals surface area contributed by atoms with Crippen molar-refractivity contribution >= 4 is 17.5 Å². The van der Waals surface area contributed by atoms with E-state index < -0.39 is 0 Å². The summed E-state index contributed by atoms with van der Waals surface area (Å²) >= 11 is 5.63. The maximum absolute atomic E-state index is 12.1. The molecule has 0 spiro atoms. The lowest BCUT2D eigenvalue weighted by Gasteiger charge is -2.05. The van der Waals surface area contributed by atoms with Crippen molar-refractivity contribution < 1.29 is 9.32 Å². The molecule has 0 saturated heterocycles. The van der Waals surface area contributed by atoms with Crippen molar-refractivity contribution in [2.75, 3.05) is 0 Å². The number of rotatable bonds is 5. The van der Waals surface area contributed by atoms with Gasteiger partial charge in [0.1, 0.15) is 5.88 Å². The minimum Gasteiger partial charge on any atom is -0.348 e. The topological polar surface area (TPSA) is 68.0 Å². The third kappa shape index (κ3) is 3.76. The van der Waals surface area contributed by atoms with E-state index in [1.165, 1.54) is 0 Å². The molecule has 1 amide bonds. The Hall–Kier alpha value is -2.66. The van der Waals surface area contributed by atoms with Crippen LogP contribution in [0, 0.1) is 0 Å². The van der Waals surface area contributed by atoms with Gasteiger partial charge in [0.2, 0.25) is 11.7 Å². The van der Waals surface area contributed by atoms with Crippen LogP contribution in [-0.2, 0) is 12.4 Å². The molecule has 6 heteroatoms. The number of hydrogen-bond donors (Lipinski definition) is 1. The highest BCUT2D eigenvalue weighted by Gasteiger charge is 2.10. The average Bonchev–Trinajstić information content (AvgIpc) is 3.10. The van der Waals surface area contributed by atoms with Crippen molar-refractivity contribution in [1.82, 2.24) is 15.5 Å². The lowest BCUT2D eigenvalue weighted by Crippen LogP contribution is -2.22. The number of hydrogen-bond acceptors (Lipinski definition) is 4. The highest BCUT2D eigenvalue weighted by Crippen LogP contribution is 2.17. The average molecular weight is 328 g/mol. The van der Waals surface area contributed by atoms with Gasteiger partial charge in [0, 0.05) is 17.7 Å². The standard InChI is InChI=1S/C17H14ClN3O2/c18-10-15-20-16(21-23-15)13-6-8-14(9-7-13)17(22)19-11-12-4-2-1-3-5-12/h1-9H,10-11H2,(H,19,22). The van der Waals surface area contributed by atoms with Gasteiger partial charge in [-0.05, 0) is 17.7 Å². The van der Waals surface area contributed by atoms with Gasteiger partial charge >= 0.3 is 0 Å². The molecular weight excluding hydrogens is 314 g/mol. The Labute approximate surface area is 138 Å². The number of nitrogens with one attached hydrogen (secondary N) is 1. The molecule has 2 aromatic carbocycles. The summed E-state index contributed by atoms with van der Waals surface area (Å²) in [5.41, 5.74) is 2.40. The van der Waals surface area contributed by atoms with Gasteiger partial charge in [-0.15, -0.1) is 11.6 Å². The molecule has 0 aliphatic heterocycles. The minimum atomic E-state index is -0.130. The Bertz CT molecular complexity index is 785. The molecular formula is C17H14ClN3O2. The molecule has 0 bridgehead atoms. The van der Waals surface area contributed by atoms with Crippen molar-refractivity contribution in [3.63, 3.8) is 0 Å². The molecule has 0 aliphatic carbocycles. The van der Waals surface area contributed by atoms with Gasteiger partial charge in [-0.25, -0.2) is 0 Å². The van der Waals surface area contributed by atoms with Gasteiger partial charge in [-0.3, -0.25) is 4.79 Å². The van der Waals surface area contributed by atoms with Crippen molar-refractivity contribution in [3.8, 4) is 11.4 Å². The van der Waals surface area contributed by atoms with Gasteiger partial charge in [0.05, 0.1) is 0 Å². The summed E-state index contributed by atoms with van der Waals surface area (Å²) in [6.07, 6.45) is 0. The molecule has 23 heavy (non-hydrogen) atoms. The largest absolute Gasteiger partial charge is 0.348 e. The molecule has 3 rings (SSSR count). The second kappa shape index (κ2) is 7.07. The summed E-state index contributed by atoms with van der Waals surface area (Å²) in [5.74, 6) is 0.866. The zero-order valence-electron chi connectivity index (χ0n) is 12.2. The molecule has 1 heterocycles. The van der Waals surface area contributed by atoms with E-state index in [0.717, 1.165) is 11.1 Å². The number of aromatic nitrogens is 2. The van der Waals surface area contributed by atoms with E-state index in [-0.39, 0.29) is 11.8 Å². The first-order valence-electron chi connectivity index (χ1n) is 7.07. The summed E-state index contributed by atoms with van der Waals surface area (Å²) in [5, 5.41) is 6.72. The second-order valence-electron chi connectivity index (χ2n) is 4.89. The first-order chi connectivity index (χ1) is 11.3. The number of benzene rings is 2. The predicted octanol–water partition coefficient (Wildman–Crippen LogP) is 3.41. The number of nitrogens with zero attached hydrogens (tertiary/aromatic N) is 2.